The summed E-state index contributed by atoms with van der Waals surface area (Å²) in [5, 5.41) is 1.89. The van der Waals surface area contributed by atoms with Gasteiger partial charge in [0.1, 0.15) is 68.7 Å². The van der Waals surface area contributed by atoms with Crippen molar-refractivity contribution in [2.75, 3.05) is 112 Å². The Morgan fingerprint density at radius 2 is 0.635 bits per heavy atom. The summed E-state index contributed by atoms with van der Waals surface area (Å²) in [4.78, 5) is 57.4. The van der Waals surface area contributed by atoms with Crippen molar-refractivity contribution < 1.29 is 195 Å². The summed E-state index contributed by atoms with van der Waals surface area (Å²) in [6.07, 6.45) is 14.8. The van der Waals surface area contributed by atoms with E-state index in [0.717, 1.165) is 62.5 Å². The standard InChI is InChI=1S/C77H81N5O16.4F6P/c1-56(46-72(83)97-55-59-47-66-49-67(48-59)94-43-39-90-35-31-88-33-37-92-41-45-96-71-7-3-5-69-68(71)4-2-6-70(69)95-44-40-91-36-32-87-30-34-89-38-42-93-66)98-73(84)54-82-76(85)74-64-12-13-65(75(74)77(82)86)53-81-28-20-63(21-29-81)61-16-24-79(25-17-61)51-58-9-8-57(10-11-58)50-78-22-14-60(15-23-78)62-18-26-80(52-64)27-19-62;4*1-7(2,3,4,5)6/h2-29,47-49,56H,30-46,50-55H2,1H3;;;;/q+4;4*-1/t56-;;;;/m0..../s1. The van der Waals surface area contributed by atoms with Crippen molar-refractivity contribution in [3.05, 3.63) is 228 Å². The molecule has 126 heavy (non-hydrogen) atoms. The van der Waals surface area contributed by atoms with Gasteiger partial charge in [-0.1, -0.05) is 60.7 Å². The van der Waals surface area contributed by atoms with E-state index in [9.17, 15) is 120 Å². The van der Waals surface area contributed by atoms with Gasteiger partial charge in [0, 0.05) is 87.6 Å². The van der Waals surface area contributed by atoms with Gasteiger partial charge in [-0.3, -0.25) is 24.1 Å². The SMILES string of the molecule is C[C@@H](CC(=O)OCc1cc2cc(c1)OCCOCCOCCOCCOc1cccc3c(cccc13)OCCOCCOCCOCCO2)OC(=O)CN1C(=O)c2c3ccc(c2C1=O)C[n+]1ccc(cc1)-c1cc[n+](cc1)Cc1ccc(cc1)C[n+]1ccc(cc1)-c1cc[n+](cc1)C3.F[P-](F)(F)(F)(F)F.F[P-](F)(F)(F)(F)F.F[P-](F)(F)(F)(F)F.F[P-](F)(F)(F)(F)F. The third kappa shape index (κ3) is 44.0. The number of fused-ring (bicyclic) bond motifs is 2. The van der Waals surface area contributed by atoms with E-state index in [-0.39, 0.29) is 63.7 Å². The molecule has 21 nitrogen and oxygen atoms in total. The Balaban J connectivity index is 0.000000605. The van der Waals surface area contributed by atoms with E-state index in [0.29, 0.717) is 107 Å². The van der Waals surface area contributed by atoms with Crippen molar-refractivity contribution in [2.45, 2.75) is 52.2 Å². The number of hydrogen-bond donors (Lipinski definition) is 0. The minimum absolute atomic E-state index is 0.160. The Morgan fingerprint density at radius 1 is 0.357 bits per heavy atom. The zero-order valence-corrected chi connectivity index (χ0v) is 69.4. The van der Waals surface area contributed by atoms with Crippen LogP contribution in [0.1, 0.15) is 61.9 Å². The molecule has 0 saturated carbocycles. The second kappa shape index (κ2) is 38.5. The number of halogens is 24. The first-order valence-electron chi connectivity index (χ1n) is 37.2. The molecule has 18 aliphatic rings. The normalized spacial score (nSPS) is 17.6. The van der Waals surface area contributed by atoms with Gasteiger partial charge < -0.3 is 56.8 Å². The van der Waals surface area contributed by atoms with Gasteiger partial charge in [0.25, 0.3) is 11.8 Å². The van der Waals surface area contributed by atoms with Gasteiger partial charge in [0.15, 0.2) is 75.8 Å². The predicted octanol–water partition coefficient (Wildman–Crippen LogP) is 21.3. The second-order valence-corrected chi connectivity index (χ2v) is 35.3. The van der Waals surface area contributed by atoms with Crippen LogP contribution in [0.3, 0.4) is 0 Å². The average molecular weight is 1910 g/mol. The van der Waals surface area contributed by atoms with Crippen molar-refractivity contribution in [1.29, 1.82) is 0 Å². The number of ether oxygens (including phenoxy) is 12. The quantitative estimate of drug-likeness (QED) is 0.0479. The first-order chi connectivity index (χ1) is 57.9. The third-order valence-electron chi connectivity index (χ3n) is 16.7. The Morgan fingerprint density at radius 3 is 0.937 bits per heavy atom. The number of carbonyl (C=O) groups excluding carboxylic acids is 4. The molecule has 27 rings (SSSR count). The molecule has 698 valence electrons. The predicted molar refractivity (Wildman–Crippen MR) is 411 cm³/mol. The maximum absolute atomic E-state index is 14.6. The van der Waals surface area contributed by atoms with Crippen LogP contribution in [0.4, 0.5) is 101 Å². The van der Waals surface area contributed by atoms with Crippen LogP contribution in [-0.4, -0.2) is 147 Å². The third-order valence-corrected chi connectivity index (χ3v) is 16.7. The summed E-state index contributed by atoms with van der Waals surface area (Å²) in [6, 6.07) is 45.9. The number of amides is 2. The maximum atomic E-state index is 14.6. The van der Waals surface area contributed by atoms with Crippen LogP contribution in [0.2, 0.25) is 0 Å². The second-order valence-electron chi connectivity index (χ2n) is 27.7. The summed E-state index contributed by atoms with van der Waals surface area (Å²) >= 11 is 0. The van der Waals surface area contributed by atoms with Crippen molar-refractivity contribution in [3.8, 4) is 45.3 Å². The van der Waals surface area contributed by atoms with Crippen LogP contribution >= 0.6 is 31.2 Å². The first-order valence-corrected chi connectivity index (χ1v) is 45.3. The number of aromatic nitrogens is 4. The Kier molecular flexibility index (Phi) is 31.0. The van der Waals surface area contributed by atoms with Crippen LogP contribution in [0.25, 0.3) is 33.0 Å². The molecule has 0 unspecified atom stereocenters. The topological polar surface area (TPSA) is 198 Å². The van der Waals surface area contributed by atoms with Crippen molar-refractivity contribution in [3.63, 3.8) is 0 Å². The Labute approximate surface area is 701 Å². The molecule has 0 aliphatic carbocycles. The molecule has 18 bridgehead atoms. The van der Waals surface area contributed by atoms with Crippen molar-refractivity contribution >= 4 is 65.8 Å². The minimum atomic E-state index is -10.7. The van der Waals surface area contributed by atoms with Crippen LogP contribution < -0.4 is 37.2 Å². The van der Waals surface area contributed by atoms with Gasteiger partial charge in [0.05, 0.1) is 96.8 Å². The van der Waals surface area contributed by atoms with E-state index in [1.54, 1.807) is 25.1 Å². The fourth-order valence-electron chi connectivity index (χ4n) is 11.7. The van der Waals surface area contributed by atoms with Crippen LogP contribution in [0.5, 0.6) is 23.0 Å². The molecule has 4 aromatic heterocycles. The number of esters is 2. The summed E-state index contributed by atoms with van der Waals surface area (Å²) in [6.45, 7) is 8.16. The molecule has 18 aliphatic heterocycles. The fourth-order valence-corrected chi connectivity index (χ4v) is 11.7. The molecule has 0 radical (unpaired) electrons. The molecule has 49 heteroatoms. The van der Waals surface area contributed by atoms with E-state index in [4.69, 9.17) is 56.8 Å². The number of benzene rings is 5. The molecule has 0 spiro atoms. The number of rotatable bonds is 7. The molecular formula is C77H81F24N5O16P4. The molecule has 9 aromatic rings. The molecule has 0 N–H and O–H groups in total. The molecule has 22 heterocycles. The van der Waals surface area contributed by atoms with Gasteiger partial charge >= 0.3 is 144 Å². The Bertz CT molecular complexity index is 4830. The number of pyridine rings is 4. The number of carbonyl (C=O) groups is 4. The first kappa shape index (κ1) is 101. The molecule has 0 fully saturated rings. The van der Waals surface area contributed by atoms with Crippen LogP contribution in [-0.2, 0) is 80.3 Å². The summed E-state index contributed by atoms with van der Waals surface area (Å²) < 4.78 is 315. The van der Waals surface area contributed by atoms with E-state index in [1.165, 1.54) is 11.1 Å². The molecule has 1 atom stereocenters. The van der Waals surface area contributed by atoms with Gasteiger partial charge in [-0.15, -0.1) is 0 Å². The van der Waals surface area contributed by atoms with E-state index < -0.39 is 67.6 Å². The van der Waals surface area contributed by atoms with E-state index in [2.05, 4.69) is 82.5 Å². The van der Waals surface area contributed by atoms with E-state index >= 15 is 0 Å². The van der Waals surface area contributed by atoms with Crippen molar-refractivity contribution in [2.24, 2.45) is 0 Å². The van der Waals surface area contributed by atoms with Crippen molar-refractivity contribution in [1.82, 2.24) is 4.90 Å². The fraction of sp³-hybridized carbons (Fsp3) is 0.325. The van der Waals surface area contributed by atoms with Gasteiger partial charge in [-0.25, -0.2) is 18.3 Å². The summed E-state index contributed by atoms with van der Waals surface area (Å²) in [5.41, 5.74) is 8.76. The monoisotopic (exact) mass is 1910 g/mol. The van der Waals surface area contributed by atoms with Gasteiger partial charge in [-0.2, -0.15) is 0 Å². The zero-order valence-electron chi connectivity index (χ0n) is 65.9. The Hall–Kier alpha value is -9.96. The van der Waals surface area contributed by atoms with E-state index in [1.807, 2.05) is 107 Å². The summed E-state index contributed by atoms with van der Waals surface area (Å²) in [7, 11) is -42.6. The summed E-state index contributed by atoms with van der Waals surface area (Å²) in [5.74, 6) is -0.354. The molecule has 5 aromatic carbocycles. The van der Waals surface area contributed by atoms with Gasteiger partial charge in [-0.05, 0) is 59.0 Å². The number of imide groups is 1. The number of hydrogen-bond acceptors (Lipinski definition) is 16. The van der Waals surface area contributed by atoms with Crippen LogP contribution in [0.15, 0.2) is 189 Å². The molecular weight excluding hydrogens is 1830 g/mol. The number of nitrogens with zero attached hydrogens (tertiary/aromatic N) is 5. The van der Waals surface area contributed by atoms with Gasteiger partial charge in [0.2, 0.25) is 0 Å². The van der Waals surface area contributed by atoms with Crippen LogP contribution in [0, 0.1) is 0 Å². The average Bonchev–Trinajstić information content (AvgIpc) is 1.59. The molecule has 0 saturated heterocycles. The molecule has 2 amide bonds. The zero-order chi connectivity index (χ0) is 92.9.